The molecule has 0 spiro atoms. The Hall–Kier alpha value is -3.03. The second-order valence-electron chi connectivity index (χ2n) is 8.69. The summed E-state index contributed by atoms with van der Waals surface area (Å²) in [6.07, 6.45) is -4.35. The van der Waals surface area contributed by atoms with Gasteiger partial charge in [-0.1, -0.05) is 48.0 Å². The van der Waals surface area contributed by atoms with Gasteiger partial charge in [0.25, 0.3) is 5.91 Å². The third-order valence-electron chi connectivity index (χ3n) is 5.97. The molecule has 0 aliphatic carbocycles. The molecular formula is C27H26ClF3N2O2. The molecule has 0 bridgehead atoms. The summed E-state index contributed by atoms with van der Waals surface area (Å²) in [5.41, 5.74) is 2.45. The molecule has 1 amide bonds. The Morgan fingerprint density at radius 1 is 0.943 bits per heavy atom. The molecule has 0 atom stereocenters. The van der Waals surface area contributed by atoms with E-state index in [0.717, 1.165) is 17.2 Å². The summed E-state index contributed by atoms with van der Waals surface area (Å²) in [6.45, 7) is 4.87. The van der Waals surface area contributed by atoms with Gasteiger partial charge in [0.2, 0.25) is 0 Å². The Balaban J connectivity index is 1.33. The molecule has 1 saturated heterocycles. The molecule has 3 aromatic carbocycles. The molecule has 8 heteroatoms. The Morgan fingerprint density at radius 3 is 2.40 bits per heavy atom. The molecule has 1 aliphatic rings. The summed E-state index contributed by atoms with van der Waals surface area (Å²) >= 11 is 6.20. The highest BCUT2D eigenvalue weighted by atomic mass is 35.5. The zero-order valence-electron chi connectivity index (χ0n) is 19.3. The van der Waals surface area contributed by atoms with E-state index in [1.54, 1.807) is 23.1 Å². The molecule has 0 N–H and O–H groups in total. The van der Waals surface area contributed by atoms with Gasteiger partial charge in [0, 0.05) is 38.3 Å². The van der Waals surface area contributed by atoms with Crippen LogP contribution in [0.15, 0.2) is 66.7 Å². The number of nitrogens with zero attached hydrogens (tertiary/aromatic N) is 2. The first-order valence-corrected chi connectivity index (χ1v) is 11.7. The highest BCUT2D eigenvalue weighted by Gasteiger charge is 2.30. The molecule has 1 aliphatic heterocycles. The summed E-state index contributed by atoms with van der Waals surface area (Å²) in [6, 6.07) is 18.3. The Morgan fingerprint density at radius 2 is 1.66 bits per heavy atom. The third kappa shape index (κ3) is 6.55. The molecule has 1 heterocycles. The van der Waals surface area contributed by atoms with Crippen molar-refractivity contribution in [2.45, 2.75) is 26.3 Å². The van der Waals surface area contributed by atoms with Crippen molar-refractivity contribution in [3.8, 4) is 5.75 Å². The van der Waals surface area contributed by atoms with Crippen molar-refractivity contribution in [2.24, 2.45) is 0 Å². The second-order valence-corrected chi connectivity index (χ2v) is 9.10. The van der Waals surface area contributed by atoms with Crippen LogP contribution >= 0.6 is 11.6 Å². The van der Waals surface area contributed by atoms with E-state index in [2.05, 4.69) is 4.90 Å². The minimum Gasteiger partial charge on any atom is -0.487 e. The van der Waals surface area contributed by atoms with Crippen molar-refractivity contribution >= 4 is 17.5 Å². The summed E-state index contributed by atoms with van der Waals surface area (Å²) in [4.78, 5) is 16.9. The molecule has 4 rings (SSSR count). The number of rotatable bonds is 6. The van der Waals surface area contributed by atoms with Crippen LogP contribution in [0.5, 0.6) is 5.75 Å². The van der Waals surface area contributed by atoms with Gasteiger partial charge in [0.15, 0.2) is 0 Å². The number of piperazine rings is 1. The molecule has 0 radical (unpaired) electrons. The lowest BCUT2D eigenvalue weighted by molar-refractivity contribution is -0.137. The lowest BCUT2D eigenvalue weighted by Gasteiger charge is -2.35. The predicted octanol–water partition coefficient (Wildman–Crippen LogP) is 6.20. The highest BCUT2D eigenvalue weighted by molar-refractivity contribution is 6.32. The molecule has 0 aromatic heterocycles. The maximum Gasteiger partial charge on any atom is 0.416 e. The fourth-order valence-electron chi connectivity index (χ4n) is 4.07. The maximum absolute atomic E-state index is 13.1. The van der Waals surface area contributed by atoms with Gasteiger partial charge in [-0.15, -0.1) is 0 Å². The number of amides is 1. The SMILES string of the molecule is Cc1ccc(Cl)c(OCc2cccc(C(=O)N3CCN(Cc4cccc(C(F)(F)F)c4)CC3)c2)c1. The van der Waals surface area contributed by atoms with Gasteiger partial charge in [-0.3, -0.25) is 9.69 Å². The number of benzene rings is 3. The smallest absolute Gasteiger partial charge is 0.416 e. The lowest BCUT2D eigenvalue weighted by atomic mass is 10.1. The van der Waals surface area contributed by atoms with Crippen molar-refractivity contribution in [1.82, 2.24) is 9.80 Å². The van der Waals surface area contributed by atoms with E-state index in [-0.39, 0.29) is 12.5 Å². The van der Waals surface area contributed by atoms with Gasteiger partial charge in [0.1, 0.15) is 12.4 Å². The topological polar surface area (TPSA) is 32.8 Å². The number of halogens is 4. The number of hydrogen-bond donors (Lipinski definition) is 0. The molecular weight excluding hydrogens is 477 g/mol. The van der Waals surface area contributed by atoms with Crippen LogP contribution in [-0.4, -0.2) is 41.9 Å². The molecule has 0 saturated carbocycles. The average molecular weight is 503 g/mol. The van der Waals surface area contributed by atoms with E-state index in [1.165, 1.54) is 12.1 Å². The first-order chi connectivity index (χ1) is 16.7. The largest absolute Gasteiger partial charge is 0.487 e. The summed E-state index contributed by atoms with van der Waals surface area (Å²) in [5.74, 6) is 0.527. The van der Waals surface area contributed by atoms with E-state index in [9.17, 15) is 18.0 Å². The fraction of sp³-hybridized carbons (Fsp3) is 0.296. The maximum atomic E-state index is 13.1. The van der Waals surface area contributed by atoms with E-state index in [4.69, 9.17) is 16.3 Å². The predicted molar refractivity (Wildman–Crippen MR) is 130 cm³/mol. The van der Waals surface area contributed by atoms with E-state index >= 15 is 0 Å². The molecule has 1 fully saturated rings. The van der Waals surface area contributed by atoms with Crippen molar-refractivity contribution in [3.05, 3.63) is 99.6 Å². The quantitative estimate of drug-likeness (QED) is 0.402. The minimum absolute atomic E-state index is 0.0702. The van der Waals surface area contributed by atoms with Gasteiger partial charge in [-0.2, -0.15) is 13.2 Å². The number of carbonyl (C=O) groups is 1. The van der Waals surface area contributed by atoms with Crippen molar-refractivity contribution in [1.29, 1.82) is 0 Å². The minimum atomic E-state index is -4.35. The van der Waals surface area contributed by atoms with Crippen LogP contribution in [0.3, 0.4) is 0 Å². The van der Waals surface area contributed by atoms with Crippen LogP contribution in [-0.2, 0) is 19.3 Å². The average Bonchev–Trinajstić information content (AvgIpc) is 2.84. The molecule has 4 nitrogen and oxygen atoms in total. The number of hydrogen-bond acceptors (Lipinski definition) is 3. The number of carbonyl (C=O) groups excluding carboxylic acids is 1. The standard InChI is InChI=1S/C27H26ClF3N2O2/c1-19-8-9-24(28)25(14-19)35-18-21-5-2-6-22(15-21)26(34)33-12-10-32(11-13-33)17-20-4-3-7-23(16-20)27(29,30)31/h2-9,14-16H,10-13,17-18H2,1H3. The third-order valence-corrected chi connectivity index (χ3v) is 6.29. The van der Waals surface area contributed by atoms with Gasteiger partial charge >= 0.3 is 6.18 Å². The van der Waals surface area contributed by atoms with Crippen LogP contribution in [0.2, 0.25) is 5.02 Å². The van der Waals surface area contributed by atoms with Gasteiger partial charge in [-0.05, 0) is 53.9 Å². The van der Waals surface area contributed by atoms with Crippen LogP contribution in [0.1, 0.15) is 32.6 Å². The van der Waals surface area contributed by atoms with Crippen molar-refractivity contribution < 1.29 is 22.7 Å². The molecule has 184 valence electrons. The van der Waals surface area contributed by atoms with E-state index in [1.807, 2.05) is 37.3 Å². The number of ether oxygens (including phenoxy) is 1. The van der Waals surface area contributed by atoms with E-state index in [0.29, 0.717) is 54.6 Å². The van der Waals surface area contributed by atoms with Gasteiger partial charge in [-0.25, -0.2) is 0 Å². The van der Waals surface area contributed by atoms with Crippen LogP contribution in [0.25, 0.3) is 0 Å². The zero-order chi connectivity index (χ0) is 25.0. The number of alkyl halides is 3. The molecule has 0 unspecified atom stereocenters. The summed E-state index contributed by atoms with van der Waals surface area (Å²) < 4.78 is 44.8. The van der Waals surface area contributed by atoms with Gasteiger partial charge in [0.05, 0.1) is 10.6 Å². The number of aryl methyl sites for hydroxylation is 1. The molecule has 3 aromatic rings. The Bertz CT molecular complexity index is 1190. The van der Waals surface area contributed by atoms with Gasteiger partial charge < -0.3 is 9.64 Å². The Labute approximate surface area is 207 Å². The zero-order valence-corrected chi connectivity index (χ0v) is 20.1. The van der Waals surface area contributed by atoms with E-state index < -0.39 is 11.7 Å². The lowest BCUT2D eigenvalue weighted by Crippen LogP contribution is -2.48. The Kier molecular flexibility index (Phi) is 7.67. The fourth-order valence-corrected chi connectivity index (χ4v) is 4.24. The summed E-state index contributed by atoms with van der Waals surface area (Å²) in [5, 5.41) is 0.533. The highest BCUT2D eigenvalue weighted by Crippen LogP contribution is 2.30. The van der Waals surface area contributed by atoms with Crippen LogP contribution in [0.4, 0.5) is 13.2 Å². The summed E-state index contributed by atoms with van der Waals surface area (Å²) in [7, 11) is 0. The first kappa shape index (κ1) is 25.1. The second kappa shape index (κ2) is 10.7. The normalized spacial score (nSPS) is 14.7. The molecule has 35 heavy (non-hydrogen) atoms. The van der Waals surface area contributed by atoms with Crippen LogP contribution < -0.4 is 4.74 Å². The van der Waals surface area contributed by atoms with Crippen molar-refractivity contribution in [2.75, 3.05) is 26.2 Å². The van der Waals surface area contributed by atoms with Crippen LogP contribution in [0, 0.1) is 6.92 Å². The monoisotopic (exact) mass is 502 g/mol. The van der Waals surface area contributed by atoms with Crippen molar-refractivity contribution in [3.63, 3.8) is 0 Å². The first-order valence-electron chi connectivity index (χ1n) is 11.3.